The number of likely N-dealkylation sites (tertiary alicyclic amines) is 1. The summed E-state index contributed by atoms with van der Waals surface area (Å²) in [4.78, 5) is 1.91. The van der Waals surface area contributed by atoms with Crippen molar-refractivity contribution in [2.24, 2.45) is 5.73 Å². The first-order chi connectivity index (χ1) is 10.3. The third-order valence-corrected chi connectivity index (χ3v) is 4.15. The van der Waals surface area contributed by atoms with Gasteiger partial charge in [0.1, 0.15) is 5.82 Å². The number of nitrogens with two attached hydrogens (primary N) is 1. The van der Waals surface area contributed by atoms with Crippen molar-refractivity contribution in [3.05, 3.63) is 35.1 Å². The van der Waals surface area contributed by atoms with Gasteiger partial charge >= 0.3 is 6.18 Å². The lowest BCUT2D eigenvalue weighted by molar-refractivity contribution is -0.138. The van der Waals surface area contributed by atoms with Crippen molar-refractivity contribution in [2.45, 2.75) is 37.7 Å². The van der Waals surface area contributed by atoms with Crippen molar-refractivity contribution < 1.29 is 22.3 Å². The van der Waals surface area contributed by atoms with Gasteiger partial charge in [-0.2, -0.15) is 13.2 Å². The van der Waals surface area contributed by atoms with E-state index in [2.05, 4.69) is 0 Å². The second-order valence-corrected chi connectivity index (χ2v) is 5.54. The monoisotopic (exact) mass is 320 g/mol. The second kappa shape index (κ2) is 6.93. The Morgan fingerprint density at radius 3 is 2.68 bits per heavy atom. The molecule has 0 amide bonds. The maximum Gasteiger partial charge on any atom is 0.416 e. The minimum absolute atomic E-state index is 0.0372. The summed E-state index contributed by atoms with van der Waals surface area (Å²) in [6.07, 6.45) is -3.05. The van der Waals surface area contributed by atoms with E-state index in [1.54, 1.807) is 7.11 Å². The summed E-state index contributed by atoms with van der Waals surface area (Å²) < 4.78 is 57.6. The van der Waals surface area contributed by atoms with Gasteiger partial charge < -0.3 is 10.5 Å². The first-order valence-electron chi connectivity index (χ1n) is 7.17. The molecule has 1 aromatic carbocycles. The Morgan fingerprint density at radius 1 is 1.36 bits per heavy atom. The quantitative estimate of drug-likeness (QED) is 0.867. The minimum atomic E-state index is -4.57. The molecule has 2 N–H and O–H groups in total. The molecule has 7 heteroatoms. The number of nitrogens with zero attached hydrogens (tertiary/aromatic N) is 1. The first kappa shape index (κ1) is 17.2. The minimum Gasteiger partial charge on any atom is -0.381 e. The summed E-state index contributed by atoms with van der Waals surface area (Å²) in [6, 6.07) is 2.78. The van der Waals surface area contributed by atoms with Gasteiger partial charge in [-0.05, 0) is 30.5 Å². The molecule has 0 spiro atoms. The molecule has 0 saturated carbocycles. The molecular formula is C15H20F4N2O. The van der Waals surface area contributed by atoms with Crippen LogP contribution in [-0.4, -0.2) is 37.2 Å². The molecule has 1 aliphatic rings. The highest BCUT2D eigenvalue weighted by Crippen LogP contribution is 2.34. The molecule has 0 aromatic heterocycles. The SMILES string of the molecule is COC1CCN(Cc2ccc(F)cc2C(F)(F)F)C(CN)C1. The average molecular weight is 320 g/mol. The number of rotatable bonds is 4. The smallest absolute Gasteiger partial charge is 0.381 e. The molecule has 3 nitrogen and oxygen atoms in total. The molecule has 0 radical (unpaired) electrons. The Hall–Kier alpha value is -1.18. The molecule has 1 heterocycles. The van der Waals surface area contributed by atoms with Gasteiger partial charge in [-0.25, -0.2) is 4.39 Å². The third-order valence-electron chi connectivity index (χ3n) is 4.15. The van der Waals surface area contributed by atoms with Gasteiger partial charge in [0.25, 0.3) is 0 Å². The van der Waals surface area contributed by atoms with E-state index < -0.39 is 17.6 Å². The summed E-state index contributed by atoms with van der Waals surface area (Å²) in [7, 11) is 1.62. The second-order valence-electron chi connectivity index (χ2n) is 5.54. The lowest BCUT2D eigenvalue weighted by Crippen LogP contribution is -2.48. The molecule has 2 unspecified atom stereocenters. The summed E-state index contributed by atoms with van der Waals surface area (Å²) in [5.74, 6) is -0.885. The molecule has 0 aliphatic carbocycles. The van der Waals surface area contributed by atoms with E-state index in [1.165, 1.54) is 6.07 Å². The lowest BCUT2D eigenvalue weighted by atomic mass is 9.97. The predicted octanol–water partition coefficient (Wildman–Crippen LogP) is 2.78. The number of benzene rings is 1. The highest BCUT2D eigenvalue weighted by atomic mass is 19.4. The van der Waals surface area contributed by atoms with Crippen LogP contribution in [0.25, 0.3) is 0 Å². The van der Waals surface area contributed by atoms with Crippen molar-refractivity contribution in [3.63, 3.8) is 0 Å². The van der Waals surface area contributed by atoms with Gasteiger partial charge in [0.2, 0.25) is 0 Å². The molecular weight excluding hydrogens is 300 g/mol. The van der Waals surface area contributed by atoms with Crippen LogP contribution in [0.3, 0.4) is 0 Å². The van der Waals surface area contributed by atoms with Gasteiger partial charge in [0, 0.05) is 32.8 Å². The zero-order chi connectivity index (χ0) is 16.3. The third kappa shape index (κ3) is 3.97. The van der Waals surface area contributed by atoms with E-state index in [0.29, 0.717) is 25.6 Å². The normalized spacial score (nSPS) is 23.7. The molecule has 2 rings (SSSR count). The molecule has 1 fully saturated rings. The van der Waals surface area contributed by atoms with Gasteiger partial charge in [0.05, 0.1) is 11.7 Å². The fraction of sp³-hybridized carbons (Fsp3) is 0.600. The standard InChI is InChI=1S/C15H20F4N2O/c1-22-13-4-5-21(12(7-13)8-20)9-10-2-3-11(16)6-14(10)15(17,18)19/h2-3,6,12-13H,4-5,7-9,20H2,1H3. The predicted molar refractivity (Wildman–Crippen MR) is 74.7 cm³/mol. The number of ether oxygens (including phenoxy) is 1. The summed E-state index contributed by atoms with van der Waals surface area (Å²) in [6.45, 7) is 1.06. The van der Waals surface area contributed by atoms with Crippen LogP contribution in [0, 0.1) is 5.82 Å². The van der Waals surface area contributed by atoms with E-state index in [1.807, 2.05) is 4.90 Å². The Kier molecular flexibility index (Phi) is 5.41. The van der Waals surface area contributed by atoms with Crippen molar-refractivity contribution in [1.82, 2.24) is 4.90 Å². The number of hydrogen-bond donors (Lipinski definition) is 1. The number of halogens is 4. The molecule has 0 bridgehead atoms. The Labute approximate surface area is 127 Å². The van der Waals surface area contributed by atoms with Crippen LogP contribution in [0.1, 0.15) is 24.0 Å². The van der Waals surface area contributed by atoms with Crippen LogP contribution in [0.15, 0.2) is 18.2 Å². The van der Waals surface area contributed by atoms with Crippen LogP contribution in [0.5, 0.6) is 0 Å². The van der Waals surface area contributed by atoms with Crippen LogP contribution in [0.4, 0.5) is 17.6 Å². The van der Waals surface area contributed by atoms with E-state index in [-0.39, 0.29) is 24.3 Å². The summed E-state index contributed by atoms with van der Waals surface area (Å²) in [5, 5.41) is 0. The highest BCUT2D eigenvalue weighted by molar-refractivity contribution is 5.30. The lowest BCUT2D eigenvalue weighted by Gasteiger charge is -2.38. The van der Waals surface area contributed by atoms with Gasteiger partial charge in [-0.1, -0.05) is 6.07 Å². The van der Waals surface area contributed by atoms with E-state index in [4.69, 9.17) is 10.5 Å². The van der Waals surface area contributed by atoms with Crippen molar-refractivity contribution in [2.75, 3.05) is 20.2 Å². The maximum absolute atomic E-state index is 13.1. The van der Waals surface area contributed by atoms with E-state index in [9.17, 15) is 17.6 Å². The summed E-state index contributed by atoms with van der Waals surface area (Å²) >= 11 is 0. The van der Waals surface area contributed by atoms with Crippen molar-refractivity contribution in [3.8, 4) is 0 Å². The number of piperidine rings is 1. The van der Waals surface area contributed by atoms with Gasteiger partial charge in [0.15, 0.2) is 0 Å². The fourth-order valence-electron chi connectivity index (χ4n) is 2.90. The summed E-state index contributed by atoms with van der Waals surface area (Å²) in [5.41, 5.74) is 4.89. The number of hydrogen-bond acceptors (Lipinski definition) is 3. The zero-order valence-corrected chi connectivity index (χ0v) is 12.4. The molecule has 22 heavy (non-hydrogen) atoms. The highest BCUT2D eigenvalue weighted by Gasteiger charge is 2.35. The van der Waals surface area contributed by atoms with E-state index in [0.717, 1.165) is 12.5 Å². The van der Waals surface area contributed by atoms with Crippen LogP contribution in [-0.2, 0) is 17.5 Å². The number of alkyl halides is 3. The van der Waals surface area contributed by atoms with Crippen LogP contribution in [0.2, 0.25) is 0 Å². The Morgan fingerprint density at radius 2 is 2.09 bits per heavy atom. The molecule has 1 saturated heterocycles. The van der Waals surface area contributed by atoms with Gasteiger partial charge in [-0.15, -0.1) is 0 Å². The number of methoxy groups -OCH3 is 1. The first-order valence-corrected chi connectivity index (χ1v) is 7.17. The zero-order valence-electron chi connectivity index (χ0n) is 12.4. The molecule has 1 aromatic rings. The fourth-order valence-corrected chi connectivity index (χ4v) is 2.90. The van der Waals surface area contributed by atoms with Gasteiger partial charge in [-0.3, -0.25) is 4.90 Å². The largest absolute Gasteiger partial charge is 0.416 e. The van der Waals surface area contributed by atoms with E-state index >= 15 is 0 Å². The Bertz CT molecular complexity index is 507. The van der Waals surface area contributed by atoms with Crippen molar-refractivity contribution in [1.29, 1.82) is 0 Å². The maximum atomic E-state index is 13.1. The average Bonchev–Trinajstić information content (AvgIpc) is 2.48. The Balaban J connectivity index is 2.20. The molecule has 124 valence electrons. The molecule has 2 atom stereocenters. The van der Waals surface area contributed by atoms with Crippen molar-refractivity contribution >= 4 is 0 Å². The molecule has 1 aliphatic heterocycles. The van der Waals surface area contributed by atoms with Crippen LogP contribution >= 0.6 is 0 Å². The van der Waals surface area contributed by atoms with Crippen LogP contribution < -0.4 is 5.73 Å². The topological polar surface area (TPSA) is 38.5 Å².